The van der Waals surface area contributed by atoms with Crippen molar-refractivity contribution >= 4 is 11.9 Å². The first kappa shape index (κ1) is 8.53. The van der Waals surface area contributed by atoms with Crippen molar-refractivity contribution in [3.63, 3.8) is 0 Å². The van der Waals surface area contributed by atoms with Crippen LogP contribution in [0.4, 0.5) is 0 Å². The number of rotatable bonds is 2. The van der Waals surface area contributed by atoms with Crippen LogP contribution in [0.5, 0.6) is 0 Å². The van der Waals surface area contributed by atoms with Gasteiger partial charge in [0.1, 0.15) is 0 Å². The van der Waals surface area contributed by atoms with Crippen LogP contribution in [0, 0.1) is 10.8 Å². The standard InChI is InChI=1S/C9H12O4/c1-3-12-6(10)9-4-8(9,2)5-13-7(9)11/h3-5H2,1-2H3. The van der Waals surface area contributed by atoms with Gasteiger partial charge in [-0.2, -0.15) is 0 Å². The Labute approximate surface area is 76.2 Å². The van der Waals surface area contributed by atoms with Gasteiger partial charge in [0.05, 0.1) is 13.2 Å². The third kappa shape index (κ3) is 0.806. The lowest BCUT2D eigenvalue weighted by Crippen LogP contribution is -2.28. The molecule has 4 nitrogen and oxygen atoms in total. The van der Waals surface area contributed by atoms with Gasteiger partial charge >= 0.3 is 11.9 Å². The zero-order chi connectivity index (χ0) is 9.69. The zero-order valence-corrected chi connectivity index (χ0v) is 7.75. The van der Waals surface area contributed by atoms with E-state index in [0.29, 0.717) is 19.6 Å². The van der Waals surface area contributed by atoms with Crippen LogP contribution in [0.3, 0.4) is 0 Å². The maximum absolute atomic E-state index is 11.5. The monoisotopic (exact) mass is 184 g/mol. The Hall–Kier alpha value is -1.06. The maximum Gasteiger partial charge on any atom is 0.324 e. The van der Waals surface area contributed by atoms with Gasteiger partial charge < -0.3 is 9.47 Å². The molecule has 1 aliphatic carbocycles. The summed E-state index contributed by atoms with van der Waals surface area (Å²) in [7, 11) is 0. The quantitative estimate of drug-likeness (QED) is 0.463. The zero-order valence-electron chi connectivity index (χ0n) is 7.75. The second-order valence-corrected chi connectivity index (χ2v) is 3.94. The van der Waals surface area contributed by atoms with Crippen LogP contribution >= 0.6 is 0 Å². The molecule has 0 bridgehead atoms. The van der Waals surface area contributed by atoms with Crippen LogP contribution in [-0.4, -0.2) is 25.2 Å². The van der Waals surface area contributed by atoms with E-state index in [4.69, 9.17) is 9.47 Å². The molecule has 0 aromatic rings. The first-order chi connectivity index (χ1) is 6.07. The second-order valence-electron chi connectivity index (χ2n) is 3.94. The molecule has 2 unspecified atom stereocenters. The summed E-state index contributed by atoms with van der Waals surface area (Å²) in [6.07, 6.45) is 0.581. The maximum atomic E-state index is 11.5. The summed E-state index contributed by atoms with van der Waals surface area (Å²) in [6.45, 7) is 4.28. The van der Waals surface area contributed by atoms with Gasteiger partial charge in [0.25, 0.3) is 0 Å². The van der Waals surface area contributed by atoms with Gasteiger partial charge in [0, 0.05) is 5.41 Å². The third-order valence-electron chi connectivity index (χ3n) is 3.05. The van der Waals surface area contributed by atoms with Gasteiger partial charge in [0.2, 0.25) is 0 Å². The summed E-state index contributed by atoms with van der Waals surface area (Å²) in [5.74, 6) is -0.826. The average molecular weight is 184 g/mol. The van der Waals surface area contributed by atoms with Crippen molar-refractivity contribution in [2.24, 2.45) is 10.8 Å². The highest BCUT2D eigenvalue weighted by molar-refractivity contribution is 6.06. The predicted octanol–water partition coefficient (Wildman–Crippen LogP) is 0.503. The van der Waals surface area contributed by atoms with Crippen LogP contribution in [0.2, 0.25) is 0 Å². The van der Waals surface area contributed by atoms with E-state index in [2.05, 4.69) is 0 Å². The van der Waals surface area contributed by atoms with Crippen molar-refractivity contribution in [3.8, 4) is 0 Å². The molecule has 0 amide bonds. The summed E-state index contributed by atoms with van der Waals surface area (Å²) >= 11 is 0. The third-order valence-corrected chi connectivity index (χ3v) is 3.05. The second kappa shape index (κ2) is 2.25. The van der Waals surface area contributed by atoms with Crippen molar-refractivity contribution < 1.29 is 19.1 Å². The molecule has 0 aromatic carbocycles. The van der Waals surface area contributed by atoms with E-state index in [1.54, 1.807) is 6.92 Å². The van der Waals surface area contributed by atoms with Crippen molar-refractivity contribution in [1.29, 1.82) is 0 Å². The van der Waals surface area contributed by atoms with Crippen molar-refractivity contribution in [1.82, 2.24) is 0 Å². The van der Waals surface area contributed by atoms with E-state index in [9.17, 15) is 9.59 Å². The van der Waals surface area contributed by atoms with Gasteiger partial charge in [-0.1, -0.05) is 6.92 Å². The Kier molecular flexibility index (Phi) is 1.47. The highest BCUT2D eigenvalue weighted by Crippen LogP contribution is 2.68. The largest absolute Gasteiger partial charge is 0.465 e. The highest BCUT2D eigenvalue weighted by Gasteiger charge is 2.80. The molecule has 0 aromatic heterocycles. The van der Waals surface area contributed by atoms with Crippen molar-refractivity contribution in [2.75, 3.05) is 13.2 Å². The molecule has 4 heteroatoms. The number of hydrogen-bond acceptors (Lipinski definition) is 4. The van der Waals surface area contributed by atoms with Crippen LogP contribution in [0.25, 0.3) is 0 Å². The van der Waals surface area contributed by atoms with Crippen LogP contribution < -0.4 is 0 Å². The molecule has 0 radical (unpaired) electrons. The topological polar surface area (TPSA) is 52.6 Å². The van der Waals surface area contributed by atoms with Gasteiger partial charge in [-0.05, 0) is 13.3 Å². The van der Waals surface area contributed by atoms with Gasteiger partial charge in [-0.15, -0.1) is 0 Å². The van der Waals surface area contributed by atoms with E-state index in [-0.39, 0.29) is 5.41 Å². The smallest absolute Gasteiger partial charge is 0.324 e. The number of cyclic esters (lactones) is 1. The van der Waals surface area contributed by atoms with Gasteiger partial charge in [0.15, 0.2) is 5.41 Å². The molecule has 1 saturated heterocycles. The number of carbonyl (C=O) groups excluding carboxylic acids is 2. The molecule has 1 heterocycles. The average Bonchev–Trinajstić information content (AvgIpc) is 2.64. The summed E-state index contributed by atoms with van der Waals surface area (Å²) < 4.78 is 9.72. The summed E-state index contributed by atoms with van der Waals surface area (Å²) in [5.41, 5.74) is -1.25. The molecule has 2 atom stereocenters. The Morgan fingerprint density at radius 3 is 2.77 bits per heavy atom. The molecular weight excluding hydrogens is 172 g/mol. The van der Waals surface area contributed by atoms with Gasteiger partial charge in [-0.3, -0.25) is 9.59 Å². The Bertz CT molecular complexity index is 285. The number of carbonyl (C=O) groups is 2. The first-order valence-corrected chi connectivity index (χ1v) is 4.41. The minimum absolute atomic E-state index is 0.295. The fourth-order valence-electron chi connectivity index (χ4n) is 2.04. The van der Waals surface area contributed by atoms with Crippen molar-refractivity contribution in [3.05, 3.63) is 0 Å². The first-order valence-electron chi connectivity index (χ1n) is 4.41. The molecule has 2 fully saturated rings. The molecule has 2 aliphatic rings. The molecule has 2 rings (SSSR count). The lowest BCUT2D eigenvalue weighted by Gasteiger charge is -2.08. The Balaban J connectivity index is 2.22. The van der Waals surface area contributed by atoms with Crippen molar-refractivity contribution in [2.45, 2.75) is 20.3 Å². The fraction of sp³-hybridized carbons (Fsp3) is 0.778. The molecule has 0 spiro atoms. The van der Waals surface area contributed by atoms with E-state index in [1.165, 1.54) is 0 Å². The molecule has 0 N–H and O–H groups in total. The van der Waals surface area contributed by atoms with E-state index < -0.39 is 17.4 Å². The van der Waals surface area contributed by atoms with E-state index >= 15 is 0 Å². The van der Waals surface area contributed by atoms with E-state index in [0.717, 1.165) is 0 Å². The Morgan fingerprint density at radius 1 is 1.69 bits per heavy atom. The fourth-order valence-corrected chi connectivity index (χ4v) is 2.04. The molecular formula is C9H12O4. The number of ether oxygens (including phenoxy) is 2. The predicted molar refractivity (Wildman–Crippen MR) is 42.7 cm³/mol. The lowest BCUT2D eigenvalue weighted by atomic mass is 9.98. The van der Waals surface area contributed by atoms with Gasteiger partial charge in [-0.25, -0.2) is 0 Å². The number of esters is 2. The normalized spacial score (nSPS) is 40.9. The van der Waals surface area contributed by atoms with Crippen LogP contribution in [-0.2, 0) is 19.1 Å². The minimum atomic E-state index is -0.955. The molecule has 13 heavy (non-hydrogen) atoms. The van der Waals surface area contributed by atoms with Crippen LogP contribution in [0.1, 0.15) is 20.3 Å². The molecule has 1 saturated carbocycles. The Morgan fingerprint density at radius 2 is 2.38 bits per heavy atom. The van der Waals surface area contributed by atoms with Crippen LogP contribution in [0.15, 0.2) is 0 Å². The molecule has 1 aliphatic heterocycles. The van der Waals surface area contributed by atoms with E-state index in [1.807, 2.05) is 6.92 Å². The summed E-state index contributed by atoms with van der Waals surface area (Å²) in [4.78, 5) is 22.8. The summed E-state index contributed by atoms with van der Waals surface area (Å²) in [6, 6.07) is 0. The lowest BCUT2D eigenvalue weighted by molar-refractivity contribution is -0.159. The highest BCUT2D eigenvalue weighted by atomic mass is 16.6. The molecule has 72 valence electrons. The SMILES string of the molecule is CCOC(=O)C12CC1(C)COC2=O. The minimum Gasteiger partial charge on any atom is -0.465 e. The number of hydrogen-bond donors (Lipinski definition) is 0. The summed E-state index contributed by atoms with van der Waals surface area (Å²) in [5, 5.41) is 0. The number of fused-ring (bicyclic) bond motifs is 1.